The molecule has 1 aromatic heterocycles. The topological polar surface area (TPSA) is 66.1 Å². The zero-order chi connectivity index (χ0) is 20.4. The Kier molecular flexibility index (Phi) is 5.68. The van der Waals surface area contributed by atoms with Gasteiger partial charge in [-0.15, -0.1) is 0 Å². The highest BCUT2D eigenvalue weighted by molar-refractivity contribution is 6.03. The zero-order valence-electron chi connectivity index (χ0n) is 17.1. The van der Waals surface area contributed by atoms with Crippen LogP contribution in [0.25, 0.3) is 0 Å². The quantitative estimate of drug-likeness (QED) is 0.793. The van der Waals surface area contributed by atoms with Gasteiger partial charge in [0.1, 0.15) is 18.3 Å². The van der Waals surface area contributed by atoms with Crippen LogP contribution in [-0.4, -0.2) is 41.0 Å². The van der Waals surface area contributed by atoms with Gasteiger partial charge in [-0.25, -0.2) is 5.01 Å². The molecule has 0 N–H and O–H groups in total. The van der Waals surface area contributed by atoms with Gasteiger partial charge in [0, 0.05) is 19.4 Å². The van der Waals surface area contributed by atoms with Crippen molar-refractivity contribution in [3.8, 4) is 0 Å². The van der Waals surface area contributed by atoms with E-state index < -0.39 is 0 Å². The van der Waals surface area contributed by atoms with Crippen LogP contribution in [-0.2, 0) is 9.59 Å². The van der Waals surface area contributed by atoms with Gasteiger partial charge in [0.2, 0.25) is 5.91 Å². The van der Waals surface area contributed by atoms with Gasteiger partial charge in [-0.1, -0.05) is 26.0 Å². The second-order valence-electron chi connectivity index (χ2n) is 7.67. The zero-order valence-corrected chi connectivity index (χ0v) is 17.1. The molecule has 6 nitrogen and oxygen atoms in total. The van der Waals surface area contributed by atoms with Gasteiger partial charge in [0.05, 0.1) is 12.0 Å². The van der Waals surface area contributed by atoms with Gasteiger partial charge in [-0.2, -0.15) is 5.10 Å². The molecule has 2 aromatic rings. The summed E-state index contributed by atoms with van der Waals surface area (Å²) in [4.78, 5) is 26.6. The summed E-state index contributed by atoms with van der Waals surface area (Å²) in [6.45, 7) is 7.76. The number of hydrogen-bond acceptors (Lipinski definition) is 4. The van der Waals surface area contributed by atoms with Gasteiger partial charge in [-0.05, 0) is 48.7 Å². The Bertz CT molecular complexity index is 900. The minimum absolute atomic E-state index is 0.0159. The van der Waals surface area contributed by atoms with Gasteiger partial charge < -0.3 is 9.32 Å². The lowest BCUT2D eigenvalue weighted by Gasteiger charge is -2.24. The highest BCUT2D eigenvalue weighted by Crippen LogP contribution is 2.33. The van der Waals surface area contributed by atoms with E-state index in [-0.39, 0.29) is 30.3 Å². The van der Waals surface area contributed by atoms with Crippen molar-refractivity contribution in [1.82, 2.24) is 9.91 Å². The first-order valence-electron chi connectivity index (χ1n) is 9.53. The average Bonchev–Trinajstić information content (AvgIpc) is 3.32. The van der Waals surface area contributed by atoms with E-state index in [1.807, 2.05) is 26.0 Å². The summed E-state index contributed by atoms with van der Waals surface area (Å²) in [6.07, 6.45) is 2.17. The van der Waals surface area contributed by atoms with E-state index in [4.69, 9.17) is 4.42 Å². The van der Waals surface area contributed by atoms with Crippen LogP contribution in [0.2, 0.25) is 0 Å². The fourth-order valence-electron chi connectivity index (χ4n) is 3.33. The third-order valence-electron chi connectivity index (χ3n) is 5.12. The largest absolute Gasteiger partial charge is 0.467 e. The predicted molar refractivity (Wildman–Crippen MR) is 108 cm³/mol. The molecule has 0 saturated carbocycles. The Labute approximate surface area is 165 Å². The standard InChI is InChI=1S/C22H27N3O3/c1-14(2)22(27)24(5)13-21(26)25-19(20-7-6-10-28-20)12-18(23-25)17-9-8-15(3)16(4)11-17/h6-11,14,19H,12-13H2,1-5H3/t19-/m0/s1. The first-order valence-corrected chi connectivity index (χ1v) is 9.53. The second kappa shape index (κ2) is 8.00. The number of rotatable bonds is 5. The molecule has 2 heterocycles. The smallest absolute Gasteiger partial charge is 0.262 e. The maximum Gasteiger partial charge on any atom is 0.262 e. The lowest BCUT2D eigenvalue weighted by Crippen LogP contribution is -2.40. The Morgan fingerprint density at radius 3 is 2.61 bits per heavy atom. The van der Waals surface area contributed by atoms with Gasteiger partial charge >= 0.3 is 0 Å². The van der Waals surface area contributed by atoms with Crippen LogP contribution in [0.1, 0.15) is 48.8 Å². The summed E-state index contributed by atoms with van der Waals surface area (Å²) in [5, 5.41) is 6.09. The summed E-state index contributed by atoms with van der Waals surface area (Å²) in [7, 11) is 1.65. The normalized spacial score (nSPS) is 16.4. The third-order valence-corrected chi connectivity index (χ3v) is 5.12. The number of amides is 2. The maximum absolute atomic E-state index is 13.0. The molecule has 0 bridgehead atoms. The number of carbonyl (C=O) groups is 2. The number of carbonyl (C=O) groups excluding carboxylic acids is 2. The van der Waals surface area contributed by atoms with Crippen molar-refractivity contribution in [2.24, 2.45) is 11.0 Å². The molecule has 0 aliphatic carbocycles. The van der Waals surface area contributed by atoms with E-state index in [0.29, 0.717) is 12.2 Å². The van der Waals surface area contributed by atoms with E-state index in [1.54, 1.807) is 19.4 Å². The van der Waals surface area contributed by atoms with E-state index in [9.17, 15) is 9.59 Å². The van der Waals surface area contributed by atoms with Crippen molar-refractivity contribution in [1.29, 1.82) is 0 Å². The summed E-state index contributed by atoms with van der Waals surface area (Å²) < 4.78 is 5.57. The second-order valence-corrected chi connectivity index (χ2v) is 7.67. The number of benzene rings is 1. The summed E-state index contributed by atoms with van der Waals surface area (Å²) >= 11 is 0. The van der Waals surface area contributed by atoms with E-state index >= 15 is 0 Å². The van der Waals surface area contributed by atoms with Crippen molar-refractivity contribution < 1.29 is 14.0 Å². The van der Waals surface area contributed by atoms with Crippen LogP contribution in [0.3, 0.4) is 0 Å². The van der Waals surface area contributed by atoms with Crippen LogP contribution in [0.5, 0.6) is 0 Å². The number of aryl methyl sites for hydroxylation is 2. The van der Waals surface area contributed by atoms with Crippen molar-refractivity contribution in [3.63, 3.8) is 0 Å². The molecule has 0 unspecified atom stereocenters. The molecule has 1 atom stereocenters. The lowest BCUT2D eigenvalue weighted by atomic mass is 9.99. The number of hydrogen-bond donors (Lipinski definition) is 0. The monoisotopic (exact) mass is 381 g/mol. The molecule has 1 aliphatic rings. The summed E-state index contributed by atoms with van der Waals surface area (Å²) in [6, 6.07) is 9.54. The van der Waals surface area contributed by atoms with E-state index in [1.165, 1.54) is 21.0 Å². The minimum atomic E-state index is -0.304. The van der Waals surface area contributed by atoms with Crippen LogP contribution in [0.15, 0.2) is 46.1 Å². The van der Waals surface area contributed by atoms with E-state index in [2.05, 4.69) is 31.1 Å². The van der Waals surface area contributed by atoms with Crippen molar-refractivity contribution in [2.75, 3.05) is 13.6 Å². The molecule has 0 radical (unpaired) electrons. The average molecular weight is 381 g/mol. The molecule has 0 spiro atoms. The van der Waals surface area contributed by atoms with Crippen molar-refractivity contribution in [3.05, 3.63) is 59.0 Å². The molecule has 2 amide bonds. The summed E-state index contributed by atoms with van der Waals surface area (Å²) in [5.41, 5.74) is 4.24. The number of likely N-dealkylation sites (N-methyl/N-ethyl adjacent to an activating group) is 1. The predicted octanol–water partition coefficient (Wildman–Crippen LogP) is 3.69. The Hall–Kier alpha value is -2.89. The van der Waals surface area contributed by atoms with Gasteiger partial charge in [0.15, 0.2) is 0 Å². The molecule has 0 fully saturated rings. The minimum Gasteiger partial charge on any atom is -0.467 e. The highest BCUT2D eigenvalue weighted by Gasteiger charge is 2.35. The third kappa shape index (κ3) is 4.01. The molecule has 3 rings (SSSR count). The number of nitrogens with zero attached hydrogens (tertiary/aromatic N) is 3. The first kappa shape index (κ1) is 19.9. The van der Waals surface area contributed by atoms with Crippen molar-refractivity contribution in [2.45, 2.75) is 40.2 Å². The van der Waals surface area contributed by atoms with Crippen LogP contribution in [0, 0.1) is 19.8 Å². The molecular weight excluding hydrogens is 354 g/mol. The molecule has 1 aliphatic heterocycles. The summed E-state index contributed by atoms with van der Waals surface area (Å²) in [5.74, 6) is 0.234. The van der Waals surface area contributed by atoms with Crippen LogP contribution in [0.4, 0.5) is 0 Å². The Balaban J connectivity index is 1.87. The van der Waals surface area contributed by atoms with Crippen molar-refractivity contribution >= 4 is 17.5 Å². The fourth-order valence-corrected chi connectivity index (χ4v) is 3.33. The molecule has 28 heavy (non-hydrogen) atoms. The highest BCUT2D eigenvalue weighted by atomic mass is 16.3. The Morgan fingerprint density at radius 1 is 1.25 bits per heavy atom. The molecule has 6 heteroatoms. The molecule has 0 saturated heterocycles. The van der Waals surface area contributed by atoms with E-state index in [0.717, 1.165) is 11.3 Å². The maximum atomic E-state index is 13.0. The lowest BCUT2D eigenvalue weighted by molar-refractivity contribution is -0.142. The first-order chi connectivity index (χ1) is 13.3. The SMILES string of the molecule is Cc1ccc(C2=NN(C(=O)CN(C)C(=O)C(C)C)[C@H](c3ccco3)C2)cc1C. The number of furan rings is 1. The van der Waals surface area contributed by atoms with Crippen LogP contribution < -0.4 is 0 Å². The molecule has 148 valence electrons. The van der Waals surface area contributed by atoms with Gasteiger partial charge in [-0.3, -0.25) is 9.59 Å². The molecule has 1 aromatic carbocycles. The van der Waals surface area contributed by atoms with Crippen LogP contribution >= 0.6 is 0 Å². The fraction of sp³-hybridized carbons (Fsp3) is 0.409. The number of hydrazone groups is 1. The molecular formula is C22H27N3O3. The van der Waals surface area contributed by atoms with Gasteiger partial charge in [0.25, 0.3) is 5.91 Å². The Morgan fingerprint density at radius 2 is 2.00 bits per heavy atom.